The molecule has 2 nitrogen and oxygen atoms in total. The maximum Gasteiger partial charge on any atom is 0.139 e. The van der Waals surface area contributed by atoms with Gasteiger partial charge in [0.15, 0.2) is 0 Å². The second-order valence-electron chi connectivity index (χ2n) is 3.52. The first-order chi connectivity index (χ1) is 6.80. The molecule has 0 saturated carbocycles. The smallest absolute Gasteiger partial charge is 0.139 e. The van der Waals surface area contributed by atoms with Gasteiger partial charge in [-0.05, 0) is 11.1 Å². The zero-order valence-electron chi connectivity index (χ0n) is 8.32. The van der Waals surface area contributed by atoms with Gasteiger partial charge in [-0.1, -0.05) is 36.9 Å². The summed E-state index contributed by atoms with van der Waals surface area (Å²) in [6.07, 6.45) is 1.83. The molecule has 1 saturated heterocycles. The first-order valence-corrected chi connectivity index (χ1v) is 4.67. The second-order valence-corrected chi connectivity index (χ2v) is 3.52. The van der Waals surface area contributed by atoms with Gasteiger partial charge in [0, 0.05) is 7.11 Å². The molecule has 0 radical (unpaired) electrons. The minimum atomic E-state index is -0.209. The minimum Gasteiger partial charge on any atom is -0.375 e. The van der Waals surface area contributed by atoms with Crippen molar-refractivity contribution in [1.82, 2.24) is 0 Å². The predicted molar refractivity (Wildman–Crippen MR) is 56.0 cm³/mol. The molecule has 14 heavy (non-hydrogen) atoms. The van der Waals surface area contributed by atoms with Crippen LogP contribution >= 0.6 is 0 Å². The molecule has 0 bridgehead atoms. The number of hydrogen-bond donors (Lipinski definition) is 0. The Labute approximate surface area is 84.2 Å². The van der Waals surface area contributed by atoms with E-state index in [1.165, 1.54) is 5.56 Å². The van der Waals surface area contributed by atoms with Crippen LogP contribution in [0.4, 0.5) is 0 Å². The van der Waals surface area contributed by atoms with Crippen molar-refractivity contribution in [2.75, 3.05) is 20.3 Å². The molecule has 0 amide bonds. The normalized spacial score (nSPS) is 18.6. The summed E-state index contributed by atoms with van der Waals surface area (Å²) in [7, 11) is 1.73. The van der Waals surface area contributed by atoms with Gasteiger partial charge in [0.25, 0.3) is 0 Å². The molecule has 1 aliphatic heterocycles. The molecule has 1 aromatic carbocycles. The van der Waals surface area contributed by atoms with Crippen molar-refractivity contribution >= 4 is 6.08 Å². The Hall–Kier alpha value is -1.12. The summed E-state index contributed by atoms with van der Waals surface area (Å²) in [5.74, 6) is 0. The van der Waals surface area contributed by atoms with Crippen LogP contribution in [0.25, 0.3) is 6.08 Å². The largest absolute Gasteiger partial charge is 0.375 e. The van der Waals surface area contributed by atoms with Gasteiger partial charge in [0.2, 0.25) is 0 Å². The number of hydrogen-bond acceptors (Lipinski definition) is 2. The molecule has 0 N–H and O–H groups in total. The molecule has 1 aliphatic rings. The fourth-order valence-electron chi connectivity index (χ4n) is 1.61. The van der Waals surface area contributed by atoms with Crippen molar-refractivity contribution in [2.24, 2.45) is 0 Å². The quantitative estimate of drug-likeness (QED) is 0.727. The molecular formula is C12H14O2. The lowest BCUT2D eigenvalue weighted by atomic mass is 9.91. The Morgan fingerprint density at radius 2 is 2.00 bits per heavy atom. The van der Waals surface area contributed by atoms with Gasteiger partial charge in [-0.25, -0.2) is 0 Å². The zero-order valence-corrected chi connectivity index (χ0v) is 8.32. The van der Waals surface area contributed by atoms with Crippen LogP contribution in [-0.2, 0) is 15.1 Å². The van der Waals surface area contributed by atoms with E-state index < -0.39 is 0 Å². The third-order valence-electron chi connectivity index (χ3n) is 2.73. The summed E-state index contributed by atoms with van der Waals surface area (Å²) in [6, 6.07) is 8.23. The maximum atomic E-state index is 5.48. The van der Waals surface area contributed by atoms with Gasteiger partial charge in [0.1, 0.15) is 5.60 Å². The summed E-state index contributed by atoms with van der Waals surface area (Å²) in [6.45, 7) is 5.02. The second kappa shape index (κ2) is 3.56. The van der Waals surface area contributed by atoms with E-state index in [1.807, 2.05) is 18.2 Å². The predicted octanol–water partition coefficient (Wildman–Crippen LogP) is 2.20. The lowest BCUT2D eigenvalue weighted by Gasteiger charge is -2.40. The van der Waals surface area contributed by atoms with Crippen LogP contribution in [0.5, 0.6) is 0 Å². The molecule has 0 unspecified atom stereocenters. The Morgan fingerprint density at radius 3 is 2.36 bits per heavy atom. The molecule has 0 atom stereocenters. The lowest BCUT2D eigenvalue weighted by molar-refractivity contribution is -0.202. The molecule has 1 aromatic rings. The Kier molecular flexibility index (Phi) is 2.40. The van der Waals surface area contributed by atoms with Crippen LogP contribution in [0, 0.1) is 0 Å². The van der Waals surface area contributed by atoms with E-state index in [2.05, 4.69) is 18.7 Å². The van der Waals surface area contributed by atoms with Crippen LogP contribution in [0.15, 0.2) is 30.8 Å². The molecule has 2 rings (SSSR count). The van der Waals surface area contributed by atoms with Crippen LogP contribution in [0.3, 0.4) is 0 Å². The van der Waals surface area contributed by atoms with Crippen molar-refractivity contribution in [3.63, 3.8) is 0 Å². The van der Waals surface area contributed by atoms with Crippen molar-refractivity contribution < 1.29 is 9.47 Å². The Balaban J connectivity index is 2.27. The number of ether oxygens (including phenoxy) is 2. The Bertz CT molecular complexity index is 317. The van der Waals surface area contributed by atoms with Crippen molar-refractivity contribution in [1.29, 1.82) is 0 Å². The van der Waals surface area contributed by atoms with Gasteiger partial charge in [-0.15, -0.1) is 0 Å². The molecule has 0 aliphatic carbocycles. The van der Waals surface area contributed by atoms with E-state index in [4.69, 9.17) is 9.47 Å². The topological polar surface area (TPSA) is 18.5 Å². The average molecular weight is 190 g/mol. The van der Waals surface area contributed by atoms with Crippen LogP contribution in [0.2, 0.25) is 0 Å². The fourth-order valence-corrected chi connectivity index (χ4v) is 1.61. The minimum absolute atomic E-state index is 0.209. The van der Waals surface area contributed by atoms with E-state index in [9.17, 15) is 0 Å². The van der Waals surface area contributed by atoms with E-state index in [0.717, 1.165) is 5.56 Å². The molecule has 2 heteroatoms. The van der Waals surface area contributed by atoms with E-state index in [-0.39, 0.29) is 5.60 Å². The average Bonchev–Trinajstić information content (AvgIpc) is 2.18. The fraction of sp³-hybridized carbons (Fsp3) is 0.333. The van der Waals surface area contributed by atoms with E-state index in [0.29, 0.717) is 13.2 Å². The molecule has 0 aromatic heterocycles. The van der Waals surface area contributed by atoms with Gasteiger partial charge in [-0.2, -0.15) is 0 Å². The van der Waals surface area contributed by atoms with Crippen LogP contribution < -0.4 is 0 Å². The first kappa shape index (κ1) is 9.44. The summed E-state index contributed by atoms with van der Waals surface area (Å²) in [5.41, 5.74) is 2.09. The van der Waals surface area contributed by atoms with E-state index >= 15 is 0 Å². The Morgan fingerprint density at radius 1 is 1.36 bits per heavy atom. The number of rotatable bonds is 3. The van der Waals surface area contributed by atoms with Gasteiger partial charge in [0.05, 0.1) is 13.2 Å². The molecule has 1 heterocycles. The van der Waals surface area contributed by atoms with Crippen LogP contribution in [-0.4, -0.2) is 20.3 Å². The number of methoxy groups -OCH3 is 1. The van der Waals surface area contributed by atoms with Crippen molar-refractivity contribution in [3.05, 3.63) is 42.0 Å². The molecular weight excluding hydrogens is 176 g/mol. The summed E-state index contributed by atoms with van der Waals surface area (Å²) >= 11 is 0. The highest BCUT2D eigenvalue weighted by Crippen LogP contribution is 2.32. The summed E-state index contributed by atoms with van der Waals surface area (Å²) < 4.78 is 10.7. The first-order valence-electron chi connectivity index (χ1n) is 4.67. The third-order valence-corrected chi connectivity index (χ3v) is 2.73. The standard InChI is InChI=1S/C12H14O2/c1-3-10-4-6-11(7-5-10)12(13-2)8-14-9-12/h3-7H,1,8-9H2,2H3. The maximum absolute atomic E-state index is 5.48. The van der Waals surface area contributed by atoms with Gasteiger partial charge in [-0.3, -0.25) is 0 Å². The lowest BCUT2D eigenvalue weighted by Crippen LogP contribution is -2.48. The third kappa shape index (κ3) is 1.37. The van der Waals surface area contributed by atoms with E-state index in [1.54, 1.807) is 7.11 Å². The van der Waals surface area contributed by atoms with Crippen LogP contribution in [0.1, 0.15) is 11.1 Å². The molecule has 1 fully saturated rings. The highest BCUT2D eigenvalue weighted by atomic mass is 16.6. The highest BCUT2D eigenvalue weighted by molar-refractivity contribution is 5.48. The SMILES string of the molecule is C=Cc1ccc(C2(OC)COC2)cc1. The zero-order chi connectivity index (χ0) is 10.0. The number of benzene rings is 1. The van der Waals surface area contributed by atoms with Gasteiger partial charge >= 0.3 is 0 Å². The monoisotopic (exact) mass is 190 g/mol. The van der Waals surface area contributed by atoms with Crippen molar-refractivity contribution in [2.45, 2.75) is 5.60 Å². The molecule has 0 spiro atoms. The van der Waals surface area contributed by atoms with Gasteiger partial charge < -0.3 is 9.47 Å². The molecule has 74 valence electrons. The highest BCUT2D eigenvalue weighted by Gasteiger charge is 2.40. The van der Waals surface area contributed by atoms with Crippen molar-refractivity contribution in [3.8, 4) is 0 Å². The summed E-state index contributed by atoms with van der Waals surface area (Å²) in [5, 5.41) is 0. The summed E-state index contributed by atoms with van der Waals surface area (Å²) in [4.78, 5) is 0.